The molecular formula is C16H24ClNO3. The van der Waals surface area contributed by atoms with Gasteiger partial charge in [0, 0.05) is 25.2 Å². The van der Waals surface area contributed by atoms with Gasteiger partial charge in [-0.3, -0.25) is 9.69 Å². The van der Waals surface area contributed by atoms with Gasteiger partial charge in [-0.1, -0.05) is 12.1 Å². The van der Waals surface area contributed by atoms with E-state index in [4.69, 9.17) is 9.47 Å². The highest BCUT2D eigenvalue weighted by molar-refractivity contribution is 5.94. The number of Topliss-reactive ketones (excluding diaryl/α,β-unsaturated/α-hetero) is 1. The summed E-state index contributed by atoms with van der Waals surface area (Å²) in [5, 5.41) is 0. The van der Waals surface area contributed by atoms with Gasteiger partial charge in [0.15, 0.2) is 5.78 Å². The van der Waals surface area contributed by atoms with E-state index in [1.54, 1.807) is 19.1 Å². The summed E-state index contributed by atoms with van der Waals surface area (Å²) in [6, 6.07) is 7.34. The Labute approximate surface area is 132 Å². The maximum Gasteiger partial charge on any atom is 0.159 e. The molecule has 0 aliphatic carbocycles. The summed E-state index contributed by atoms with van der Waals surface area (Å²) in [6.07, 6.45) is 0.555. The second-order valence-electron chi connectivity index (χ2n) is 5.45. The van der Waals surface area contributed by atoms with Crippen LogP contribution < -0.4 is 4.74 Å². The van der Waals surface area contributed by atoms with Crippen LogP contribution in [0.3, 0.4) is 0 Å². The third kappa shape index (κ3) is 5.65. The van der Waals surface area contributed by atoms with Crippen molar-refractivity contribution in [1.29, 1.82) is 0 Å². The van der Waals surface area contributed by atoms with Crippen molar-refractivity contribution >= 4 is 18.2 Å². The number of carbonyl (C=O) groups excluding carboxylic acids is 1. The van der Waals surface area contributed by atoms with Crippen molar-refractivity contribution in [3.8, 4) is 5.75 Å². The second kappa shape index (κ2) is 8.37. The molecule has 1 fully saturated rings. The van der Waals surface area contributed by atoms with Crippen molar-refractivity contribution in [2.75, 3.05) is 26.2 Å². The molecule has 2 rings (SSSR count). The number of hydrogen-bond donors (Lipinski definition) is 0. The molecule has 0 radical (unpaired) electrons. The van der Waals surface area contributed by atoms with Gasteiger partial charge in [0.1, 0.15) is 12.4 Å². The summed E-state index contributed by atoms with van der Waals surface area (Å²) in [7, 11) is 0. The number of ether oxygens (including phenoxy) is 2. The van der Waals surface area contributed by atoms with Gasteiger partial charge in [-0.15, -0.1) is 12.4 Å². The molecule has 1 aromatic rings. The molecule has 21 heavy (non-hydrogen) atoms. The Morgan fingerprint density at radius 3 is 2.62 bits per heavy atom. The van der Waals surface area contributed by atoms with Gasteiger partial charge >= 0.3 is 0 Å². The Morgan fingerprint density at radius 2 is 2.00 bits per heavy atom. The van der Waals surface area contributed by atoms with Crippen LogP contribution >= 0.6 is 12.4 Å². The lowest BCUT2D eigenvalue weighted by molar-refractivity contribution is -0.0699. The first-order valence-electron chi connectivity index (χ1n) is 7.16. The van der Waals surface area contributed by atoms with Crippen molar-refractivity contribution in [2.24, 2.45) is 0 Å². The molecule has 1 heterocycles. The average Bonchev–Trinajstić information content (AvgIpc) is 2.38. The maximum absolute atomic E-state index is 11.3. The number of nitrogens with zero attached hydrogens (tertiary/aromatic N) is 1. The van der Waals surface area contributed by atoms with Gasteiger partial charge in [-0.25, -0.2) is 0 Å². The zero-order valence-electron chi connectivity index (χ0n) is 12.9. The lowest BCUT2D eigenvalue weighted by Gasteiger charge is -2.35. The predicted octanol–water partition coefficient (Wildman–Crippen LogP) is 2.80. The number of morpholine rings is 1. The minimum atomic E-state index is 0. The van der Waals surface area contributed by atoms with E-state index in [0.717, 1.165) is 25.4 Å². The third-order valence-corrected chi connectivity index (χ3v) is 3.41. The Morgan fingerprint density at radius 1 is 1.33 bits per heavy atom. The lowest BCUT2D eigenvalue weighted by atomic mass is 10.1. The van der Waals surface area contributed by atoms with E-state index in [2.05, 4.69) is 18.7 Å². The van der Waals surface area contributed by atoms with Gasteiger partial charge in [0.05, 0.1) is 12.2 Å². The highest BCUT2D eigenvalue weighted by atomic mass is 35.5. The number of halogens is 1. The zero-order valence-corrected chi connectivity index (χ0v) is 13.7. The second-order valence-corrected chi connectivity index (χ2v) is 5.45. The van der Waals surface area contributed by atoms with Crippen LogP contribution in [0.15, 0.2) is 24.3 Å². The van der Waals surface area contributed by atoms with E-state index >= 15 is 0 Å². The molecule has 2 unspecified atom stereocenters. The van der Waals surface area contributed by atoms with Crippen molar-refractivity contribution < 1.29 is 14.3 Å². The lowest BCUT2D eigenvalue weighted by Crippen LogP contribution is -2.46. The molecule has 0 aromatic heterocycles. The number of ketones is 1. The van der Waals surface area contributed by atoms with Gasteiger partial charge in [0.25, 0.3) is 0 Å². The highest BCUT2D eigenvalue weighted by Gasteiger charge is 2.21. The summed E-state index contributed by atoms with van der Waals surface area (Å²) in [5.41, 5.74) is 0.691. The summed E-state index contributed by atoms with van der Waals surface area (Å²) < 4.78 is 11.4. The molecule has 1 saturated heterocycles. The molecule has 1 aromatic carbocycles. The molecule has 0 N–H and O–H groups in total. The van der Waals surface area contributed by atoms with E-state index in [9.17, 15) is 4.79 Å². The van der Waals surface area contributed by atoms with Crippen LogP contribution in [0, 0.1) is 0 Å². The summed E-state index contributed by atoms with van der Waals surface area (Å²) in [5.74, 6) is 0.818. The third-order valence-electron chi connectivity index (χ3n) is 3.41. The predicted molar refractivity (Wildman–Crippen MR) is 85.6 cm³/mol. The van der Waals surface area contributed by atoms with Crippen molar-refractivity contribution in [3.63, 3.8) is 0 Å². The topological polar surface area (TPSA) is 38.8 Å². The zero-order chi connectivity index (χ0) is 14.5. The first-order chi connectivity index (χ1) is 9.54. The molecule has 0 amide bonds. The molecule has 1 aliphatic rings. The van der Waals surface area contributed by atoms with Gasteiger partial charge in [-0.2, -0.15) is 0 Å². The van der Waals surface area contributed by atoms with Gasteiger partial charge in [-0.05, 0) is 32.9 Å². The van der Waals surface area contributed by atoms with E-state index in [0.29, 0.717) is 12.2 Å². The minimum Gasteiger partial charge on any atom is -0.492 e. The minimum absolute atomic E-state index is 0. The molecule has 1 aliphatic heterocycles. The van der Waals surface area contributed by atoms with Crippen molar-refractivity contribution in [3.05, 3.63) is 29.8 Å². The Hall–Kier alpha value is -1.10. The fraction of sp³-hybridized carbons (Fsp3) is 0.562. The smallest absolute Gasteiger partial charge is 0.159 e. The Kier molecular flexibility index (Phi) is 7.15. The molecule has 0 spiro atoms. The summed E-state index contributed by atoms with van der Waals surface area (Å²) in [4.78, 5) is 13.7. The fourth-order valence-electron chi connectivity index (χ4n) is 2.56. The number of rotatable bonds is 5. The highest BCUT2D eigenvalue weighted by Crippen LogP contribution is 2.14. The summed E-state index contributed by atoms with van der Waals surface area (Å²) >= 11 is 0. The van der Waals surface area contributed by atoms with Crippen LogP contribution in [-0.2, 0) is 4.74 Å². The largest absolute Gasteiger partial charge is 0.492 e. The summed E-state index contributed by atoms with van der Waals surface area (Å²) in [6.45, 7) is 9.15. The molecule has 2 atom stereocenters. The van der Waals surface area contributed by atoms with Crippen LogP contribution in [-0.4, -0.2) is 49.1 Å². The maximum atomic E-state index is 11.3. The fourth-order valence-corrected chi connectivity index (χ4v) is 2.56. The van der Waals surface area contributed by atoms with Gasteiger partial charge in [0.2, 0.25) is 0 Å². The molecule has 0 saturated carbocycles. The van der Waals surface area contributed by atoms with E-state index in [1.165, 1.54) is 0 Å². The van der Waals surface area contributed by atoms with Crippen LogP contribution in [0.1, 0.15) is 31.1 Å². The Balaban J connectivity index is 0.00000220. The van der Waals surface area contributed by atoms with Crippen molar-refractivity contribution in [1.82, 2.24) is 4.90 Å². The first-order valence-corrected chi connectivity index (χ1v) is 7.16. The number of benzene rings is 1. The normalized spacial score (nSPS) is 22.4. The van der Waals surface area contributed by atoms with Crippen LogP contribution in [0.5, 0.6) is 5.75 Å². The average molecular weight is 314 g/mol. The van der Waals surface area contributed by atoms with Crippen LogP contribution in [0.25, 0.3) is 0 Å². The molecular weight excluding hydrogens is 290 g/mol. The van der Waals surface area contributed by atoms with E-state index in [1.807, 2.05) is 12.1 Å². The van der Waals surface area contributed by atoms with Crippen LogP contribution in [0.2, 0.25) is 0 Å². The van der Waals surface area contributed by atoms with E-state index < -0.39 is 0 Å². The monoisotopic (exact) mass is 313 g/mol. The molecule has 4 nitrogen and oxygen atoms in total. The van der Waals surface area contributed by atoms with Crippen LogP contribution in [0.4, 0.5) is 0 Å². The Bertz CT molecular complexity index is 457. The van der Waals surface area contributed by atoms with Crippen molar-refractivity contribution in [2.45, 2.75) is 33.0 Å². The molecule has 118 valence electrons. The molecule has 0 bridgehead atoms. The number of carbonyl (C=O) groups is 1. The standard InChI is InChI=1S/C16H23NO3.ClH/c1-12-10-17(11-13(2)20-12)7-8-19-16-6-4-5-15(9-16)14(3)18;/h4-6,9,12-13H,7-8,10-11H2,1-3H3;1H. The number of hydrogen-bond acceptors (Lipinski definition) is 4. The van der Waals surface area contributed by atoms with Gasteiger partial charge < -0.3 is 9.47 Å². The van der Waals surface area contributed by atoms with E-state index in [-0.39, 0.29) is 30.4 Å². The first kappa shape index (κ1) is 18.0. The SMILES string of the molecule is CC(=O)c1cccc(OCCN2CC(C)OC(C)C2)c1.Cl. The quantitative estimate of drug-likeness (QED) is 0.784. The molecule has 5 heteroatoms.